The molecule has 1 N–H and O–H groups in total. The van der Waals surface area contributed by atoms with Crippen LogP contribution in [0.2, 0.25) is 0 Å². The van der Waals surface area contributed by atoms with Crippen LogP contribution in [0.5, 0.6) is 0 Å². The predicted octanol–water partition coefficient (Wildman–Crippen LogP) is 3.08. The Morgan fingerprint density at radius 3 is 2.71 bits per heavy atom. The second-order valence-electron chi connectivity index (χ2n) is 5.11. The van der Waals surface area contributed by atoms with Crippen LogP contribution in [0.15, 0.2) is 5.38 Å². The molecule has 1 amide bonds. The number of thiazole rings is 1. The van der Waals surface area contributed by atoms with Crippen molar-refractivity contribution in [1.29, 1.82) is 0 Å². The Hall–Kier alpha value is -1.10. The molecular weight excluding hydrogens is 236 g/mol. The van der Waals surface area contributed by atoms with E-state index in [-0.39, 0.29) is 12.0 Å². The number of amides is 1. The van der Waals surface area contributed by atoms with Gasteiger partial charge < -0.3 is 10.1 Å². The average Bonchev–Trinajstić information content (AvgIpc) is 2.58. The smallest absolute Gasteiger partial charge is 0.407 e. The van der Waals surface area contributed by atoms with Crippen molar-refractivity contribution < 1.29 is 9.53 Å². The van der Waals surface area contributed by atoms with Crippen LogP contribution in [0.4, 0.5) is 4.79 Å². The first-order chi connectivity index (χ1) is 7.78. The van der Waals surface area contributed by atoms with Crippen molar-refractivity contribution in [3.8, 4) is 0 Å². The molecular formula is C12H20N2O2S. The largest absolute Gasteiger partial charge is 0.444 e. The lowest BCUT2D eigenvalue weighted by atomic mass is 10.2. The summed E-state index contributed by atoms with van der Waals surface area (Å²) < 4.78 is 5.16. The first-order valence-electron chi connectivity index (χ1n) is 5.67. The van der Waals surface area contributed by atoms with Gasteiger partial charge in [-0.1, -0.05) is 6.92 Å². The van der Waals surface area contributed by atoms with Gasteiger partial charge in [-0.2, -0.15) is 0 Å². The molecule has 0 saturated heterocycles. The summed E-state index contributed by atoms with van der Waals surface area (Å²) in [4.78, 5) is 15.8. The van der Waals surface area contributed by atoms with Gasteiger partial charge >= 0.3 is 6.09 Å². The van der Waals surface area contributed by atoms with Crippen molar-refractivity contribution in [2.45, 2.75) is 46.1 Å². The van der Waals surface area contributed by atoms with E-state index < -0.39 is 5.60 Å². The summed E-state index contributed by atoms with van der Waals surface area (Å²) in [5.74, 6) is 0.209. The van der Waals surface area contributed by atoms with Gasteiger partial charge in [-0.3, -0.25) is 0 Å². The first kappa shape index (κ1) is 14.0. The fraction of sp³-hybridized carbons (Fsp3) is 0.667. The van der Waals surface area contributed by atoms with Crippen LogP contribution in [0, 0.1) is 6.92 Å². The van der Waals surface area contributed by atoms with Crippen LogP contribution in [-0.4, -0.2) is 23.2 Å². The van der Waals surface area contributed by atoms with Crippen LogP contribution in [0.1, 0.15) is 44.3 Å². The third-order valence-corrected chi connectivity index (χ3v) is 3.20. The molecule has 4 nitrogen and oxygen atoms in total. The average molecular weight is 256 g/mol. The number of hydrogen-bond donors (Lipinski definition) is 1. The van der Waals surface area contributed by atoms with Gasteiger partial charge in [0, 0.05) is 23.5 Å². The Balaban J connectivity index is 2.38. The zero-order valence-corrected chi connectivity index (χ0v) is 11.9. The molecule has 0 radical (unpaired) electrons. The van der Waals surface area contributed by atoms with Gasteiger partial charge in [0.1, 0.15) is 5.60 Å². The highest BCUT2D eigenvalue weighted by molar-refractivity contribution is 7.09. The summed E-state index contributed by atoms with van der Waals surface area (Å²) in [5, 5.41) is 5.81. The maximum atomic E-state index is 11.4. The van der Waals surface area contributed by atoms with Crippen LogP contribution < -0.4 is 5.32 Å². The molecule has 1 unspecified atom stereocenters. The Kier molecular flexibility index (Phi) is 4.51. The first-order valence-corrected chi connectivity index (χ1v) is 6.55. The maximum Gasteiger partial charge on any atom is 0.407 e. The molecule has 0 aliphatic carbocycles. The molecule has 1 aromatic heterocycles. The number of carbonyl (C=O) groups is 1. The zero-order chi connectivity index (χ0) is 13.1. The molecule has 17 heavy (non-hydrogen) atoms. The lowest BCUT2D eigenvalue weighted by Crippen LogP contribution is -2.34. The van der Waals surface area contributed by atoms with Crippen molar-refractivity contribution in [2.24, 2.45) is 0 Å². The molecule has 0 bridgehead atoms. The number of alkyl carbamates (subject to hydrolysis) is 1. The van der Waals surface area contributed by atoms with Crippen LogP contribution in [-0.2, 0) is 4.74 Å². The van der Waals surface area contributed by atoms with E-state index in [9.17, 15) is 4.79 Å². The molecule has 0 fully saturated rings. The molecule has 1 heterocycles. The van der Waals surface area contributed by atoms with Gasteiger partial charge in [-0.05, 0) is 27.7 Å². The number of carbonyl (C=O) groups excluding carboxylic acids is 1. The number of hydrogen-bond acceptors (Lipinski definition) is 4. The molecule has 0 saturated carbocycles. The van der Waals surface area contributed by atoms with Crippen LogP contribution >= 0.6 is 11.3 Å². The normalized spacial score (nSPS) is 13.2. The molecule has 1 rings (SSSR count). The molecule has 0 aromatic carbocycles. The highest BCUT2D eigenvalue weighted by atomic mass is 32.1. The monoisotopic (exact) mass is 256 g/mol. The molecule has 0 aliphatic rings. The third kappa shape index (κ3) is 5.17. The van der Waals surface area contributed by atoms with Gasteiger partial charge in [0.25, 0.3) is 0 Å². The second-order valence-corrected chi connectivity index (χ2v) is 6.00. The fourth-order valence-electron chi connectivity index (χ4n) is 1.24. The Bertz CT molecular complexity index is 382. The van der Waals surface area contributed by atoms with E-state index in [0.717, 1.165) is 10.7 Å². The standard InChI is InChI=1S/C12H20N2O2S/c1-8(10-14-9(2)7-17-10)6-13-11(15)16-12(3,4)5/h7-8H,6H2,1-5H3,(H,13,15). The molecule has 96 valence electrons. The summed E-state index contributed by atoms with van der Waals surface area (Å²) in [6.07, 6.45) is -0.377. The minimum absolute atomic E-state index is 0.209. The van der Waals surface area contributed by atoms with Crippen molar-refractivity contribution in [1.82, 2.24) is 10.3 Å². The molecule has 1 atom stereocenters. The van der Waals surface area contributed by atoms with Crippen molar-refractivity contribution in [3.63, 3.8) is 0 Å². The summed E-state index contributed by atoms with van der Waals surface area (Å²) in [6, 6.07) is 0. The van der Waals surface area contributed by atoms with Gasteiger partial charge in [0.15, 0.2) is 0 Å². The molecule has 5 heteroatoms. The number of aryl methyl sites for hydroxylation is 1. The topological polar surface area (TPSA) is 51.2 Å². The Morgan fingerprint density at radius 2 is 2.24 bits per heavy atom. The van der Waals surface area contributed by atoms with Gasteiger partial charge in [-0.15, -0.1) is 11.3 Å². The number of aromatic nitrogens is 1. The van der Waals surface area contributed by atoms with E-state index >= 15 is 0 Å². The van der Waals surface area contributed by atoms with Gasteiger partial charge in [0.05, 0.1) is 5.01 Å². The number of nitrogens with zero attached hydrogens (tertiary/aromatic N) is 1. The summed E-state index contributed by atoms with van der Waals surface area (Å²) in [6.45, 7) is 10.1. The highest BCUT2D eigenvalue weighted by Crippen LogP contribution is 2.19. The Labute approximate surface area is 106 Å². The van der Waals surface area contributed by atoms with Gasteiger partial charge in [0.2, 0.25) is 0 Å². The lowest BCUT2D eigenvalue weighted by Gasteiger charge is -2.20. The van der Waals surface area contributed by atoms with E-state index in [1.807, 2.05) is 40.0 Å². The van der Waals surface area contributed by atoms with Crippen LogP contribution in [0.3, 0.4) is 0 Å². The fourth-order valence-corrected chi connectivity index (χ4v) is 2.09. The second kappa shape index (κ2) is 5.49. The number of ether oxygens (including phenoxy) is 1. The van der Waals surface area contributed by atoms with E-state index in [1.54, 1.807) is 11.3 Å². The molecule has 1 aromatic rings. The summed E-state index contributed by atoms with van der Waals surface area (Å²) in [5.41, 5.74) is 0.569. The van der Waals surface area contributed by atoms with Crippen molar-refractivity contribution in [2.75, 3.05) is 6.54 Å². The van der Waals surface area contributed by atoms with E-state index in [1.165, 1.54) is 0 Å². The minimum Gasteiger partial charge on any atom is -0.444 e. The quantitative estimate of drug-likeness (QED) is 0.904. The third-order valence-electron chi connectivity index (χ3n) is 2.01. The minimum atomic E-state index is -0.453. The molecule has 0 aliphatic heterocycles. The van der Waals surface area contributed by atoms with E-state index in [0.29, 0.717) is 6.54 Å². The number of nitrogens with one attached hydrogen (secondary N) is 1. The lowest BCUT2D eigenvalue weighted by molar-refractivity contribution is 0.0525. The summed E-state index contributed by atoms with van der Waals surface area (Å²) in [7, 11) is 0. The number of rotatable bonds is 3. The Morgan fingerprint density at radius 1 is 1.59 bits per heavy atom. The van der Waals surface area contributed by atoms with E-state index in [2.05, 4.69) is 10.3 Å². The van der Waals surface area contributed by atoms with Crippen LogP contribution in [0.25, 0.3) is 0 Å². The highest BCUT2D eigenvalue weighted by Gasteiger charge is 2.17. The summed E-state index contributed by atoms with van der Waals surface area (Å²) >= 11 is 1.62. The van der Waals surface area contributed by atoms with Crippen molar-refractivity contribution >= 4 is 17.4 Å². The zero-order valence-electron chi connectivity index (χ0n) is 11.0. The van der Waals surface area contributed by atoms with Gasteiger partial charge in [-0.25, -0.2) is 9.78 Å². The SMILES string of the molecule is Cc1csc(C(C)CNC(=O)OC(C)(C)C)n1. The molecule has 0 spiro atoms. The van der Waals surface area contributed by atoms with Crippen molar-refractivity contribution in [3.05, 3.63) is 16.1 Å². The maximum absolute atomic E-state index is 11.4. The van der Waals surface area contributed by atoms with E-state index in [4.69, 9.17) is 4.74 Å². The predicted molar refractivity (Wildman–Crippen MR) is 69.5 cm³/mol.